The topological polar surface area (TPSA) is 101 Å². The Balaban J connectivity index is 2.36. The number of anilines is 2. The summed E-state index contributed by atoms with van der Waals surface area (Å²) in [5.74, 6) is -0.807. The number of nitrogens with two attached hydrogens (primary N) is 1. The first kappa shape index (κ1) is 12.4. The van der Waals surface area contributed by atoms with Gasteiger partial charge in [-0.1, -0.05) is 0 Å². The third kappa shape index (κ3) is 2.43. The van der Waals surface area contributed by atoms with Gasteiger partial charge in [0.15, 0.2) is 5.82 Å². The highest BCUT2D eigenvalue weighted by Crippen LogP contribution is 2.19. The summed E-state index contributed by atoms with van der Waals surface area (Å²) in [6.07, 6.45) is 0. The monoisotopic (exact) mass is 270 g/mol. The van der Waals surface area contributed by atoms with Crippen LogP contribution in [0.3, 0.4) is 0 Å². The number of nitrogens with one attached hydrogen (secondary N) is 2. The second kappa shape index (κ2) is 4.30. The summed E-state index contributed by atoms with van der Waals surface area (Å²) in [5, 5.41) is 6.29. The van der Waals surface area contributed by atoms with Crippen LogP contribution in [0.4, 0.5) is 15.9 Å². The number of hydrogen-bond donors (Lipinski definition) is 3. The summed E-state index contributed by atoms with van der Waals surface area (Å²) >= 11 is 0. The van der Waals surface area contributed by atoms with Crippen molar-refractivity contribution in [3.8, 4) is 0 Å². The van der Waals surface area contributed by atoms with Crippen LogP contribution in [-0.4, -0.2) is 18.6 Å². The molecule has 0 aliphatic heterocycles. The van der Waals surface area contributed by atoms with Crippen LogP contribution in [0.5, 0.6) is 0 Å². The quantitative estimate of drug-likeness (QED) is 0.730. The minimum atomic E-state index is -4.01. The van der Waals surface area contributed by atoms with Gasteiger partial charge in [-0.05, 0) is 25.1 Å². The van der Waals surface area contributed by atoms with Gasteiger partial charge in [-0.2, -0.15) is 5.10 Å². The van der Waals surface area contributed by atoms with E-state index in [-0.39, 0.29) is 11.5 Å². The molecular formula is C10H11FN4O2S. The molecule has 0 radical (unpaired) electrons. The first-order chi connectivity index (χ1) is 8.38. The lowest BCUT2D eigenvalue weighted by molar-refractivity contribution is 0.570. The lowest BCUT2D eigenvalue weighted by atomic mass is 10.3. The van der Waals surface area contributed by atoms with Crippen LogP contribution in [0.15, 0.2) is 29.2 Å². The minimum Gasteiger partial charge on any atom is -0.399 e. The van der Waals surface area contributed by atoms with E-state index >= 15 is 0 Å². The highest BCUT2D eigenvalue weighted by molar-refractivity contribution is 7.92. The fraction of sp³-hybridized carbons (Fsp3) is 0.100. The molecule has 8 heteroatoms. The first-order valence-corrected chi connectivity index (χ1v) is 6.46. The molecule has 0 aliphatic carbocycles. The van der Waals surface area contributed by atoms with Crippen molar-refractivity contribution in [1.82, 2.24) is 10.2 Å². The highest BCUT2D eigenvalue weighted by Gasteiger charge is 2.20. The number of sulfonamides is 1. The van der Waals surface area contributed by atoms with Crippen molar-refractivity contribution in [2.75, 3.05) is 10.5 Å². The third-order valence-corrected chi connectivity index (χ3v) is 3.58. The normalized spacial score (nSPS) is 11.4. The van der Waals surface area contributed by atoms with E-state index in [1.807, 2.05) is 0 Å². The molecule has 0 saturated carbocycles. The zero-order valence-electron chi connectivity index (χ0n) is 9.44. The number of rotatable bonds is 3. The Morgan fingerprint density at radius 3 is 2.67 bits per heavy atom. The maximum absolute atomic E-state index is 13.5. The van der Waals surface area contributed by atoms with Crippen molar-refractivity contribution in [3.05, 3.63) is 35.8 Å². The zero-order valence-corrected chi connectivity index (χ0v) is 10.3. The molecule has 6 nitrogen and oxygen atoms in total. The second-order valence-electron chi connectivity index (χ2n) is 3.73. The number of nitrogens with zero attached hydrogens (tertiary/aromatic N) is 1. The number of nitrogen functional groups attached to an aromatic ring is 1. The summed E-state index contributed by atoms with van der Waals surface area (Å²) < 4.78 is 39.5. The molecule has 0 unspecified atom stereocenters. The molecule has 2 rings (SSSR count). The number of aryl methyl sites for hydroxylation is 1. The van der Waals surface area contributed by atoms with Crippen molar-refractivity contribution < 1.29 is 12.8 Å². The summed E-state index contributed by atoms with van der Waals surface area (Å²) in [7, 11) is -4.01. The van der Waals surface area contributed by atoms with Crippen LogP contribution in [0.1, 0.15) is 5.69 Å². The summed E-state index contributed by atoms with van der Waals surface area (Å²) in [5.41, 5.74) is 6.19. The van der Waals surface area contributed by atoms with Crippen LogP contribution < -0.4 is 10.5 Å². The Bertz CT molecular complexity index is 681. The van der Waals surface area contributed by atoms with E-state index in [4.69, 9.17) is 5.73 Å². The standard InChI is InChI=1S/C10H11FN4O2S/c1-6-4-10(14-13-6)15-18(16,17)9-3-2-7(12)5-8(9)11/h2-5H,12H2,1H3,(H2,13,14,15). The Hall–Kier alpha value is -2.09. The predicted octanol–water partition coefficient (Wildman–Crippen LogP) is 1.24. The molecule has 0 fully saturated rings. The van der Waals surface area contributed by atoms with Crippen molar-refractivity contribution in [3.63, 3.8) is 0 Å². The molecule has 0 spiro atoms. The third-order valence-electron chi connectivity index (χ3n) is 2.19. The van der Waals surface area contributed by atoms with Crippen molar-refractivity contribution in [1.29, 1.82) is 0 Å². The zero-order chi connectivity index (χ0) is 13.3. The van der Waals surface area contributed by atoms with Gasteiger partial charge in [-0.25, -0.2) is 12.8 Å². The van der Waals surface area contributed by atoms with Gasteiger partial charge in [0.05, 0.1) is 0 Å². The number of aromatic amines is 1. The summed E-state index contributed by atoms with van der Waals surface area (Å²) in [6.45, 7) is 1.72. The van der Waals surface area contributed by atoms with Crippen molar-refractivity contribution >= 4 is 21.5 Å². The van der Waals surface area contributed by atoms with Gasteiger partial charge < -0.3 is 5.73 Å². The smallest absolute Gasteiger partial charge is 0.266 e. The largest absolute Gasteiger partial charge is 0.399 e. The molecule has 0 amide bonds. The van der Waals surface area contributed by atoms with Gasteiger partial charge in [-0.15, -0.1) is 0 Å². The molecule has 1 aromatic carbocycles. The van der Waals surface area contributed by atoms with Crippen LogP contribution in [-0.2, 0) is 10.0 Å². The van der Waals surface area contributed by atoms with Crippen molar-refractivity contribution in [2.45, 2.75) is 11.8 Å². The first-order valence-electron chi connectivity index (χ1n) is 4.98. The van der Waals surface area contributed by atoms with Gasteiger partial charge in [0, 0.05) is 17.4 Å². The number of H-pyrrole nitrogens is 1. The van der Waals surface area contributed by atoms with Crippen LogP contribution in [0.2, 0.25) is 0 Å². The summed E-state index contributed by atoms with van der Waals surface area (Å²) in [6, 6.07) is 4.86. The lowest BCUT2D eigenvalue weighted by Gasteiger charge is -2.06. The Kier molecular flexibility index (Phi) is 2.95. The van der Waals surface area contributed by atoms with Gasteiger partial charge in [0.2, 0.25) is 0 Å². The van der Waals surface area contributed by atoms with E-state index < -0.39 is 20.7 Å². The minimum absolute atomic E-state index is 0.101. The van der Waals surface area contributed by atoms with Gasteiger partial charge in [-0.3, -0.25) is 9.82 Å². The van der Waals surface area contributed by atoms with E-state index in [1.54, 1.807) is 6.92 Å². The van der Waals surface area contributed by atoms with Gasteiger partial charge >= 0.3 is 0 Å². The maximum atomic E-state index is 13.5. The number of halogens is 1. The molecule has 1 aromatic heterocycles. The molecule has 96 valence electrons. The second-order valence-corrected chi connectivity index (χ2v) is 5.38. The molecule has 0 saturated heterocycles. The van der Waals surface area contributed by atoms with Crippen molar-refractivity contribution in [2.24, 2.45) is 0 Å². The Morgan fingerprint density at radius 1 is 1.39 bits per heavy atom. The fourth-order valence-electron chi connectivity index (χ4n) is 1.40. The Labute approximate surface area is 103 Å². The van der Waals surface area contributed by atoms with Gasteiger partial charge in [0.1, 0.15) is 10.7 Å². The molecule has 1 heterocycles. The van der Waals surface area contributed by atoms with E-state index in [2.05, 4.69) is 14.9 Å². The average molecular weight is 270 g/mol. The molecule has 0 bridgehead atoms. The molecule has 0 atom stereocenters. The van der Waals surface area contributed by atoms with E-state index in [1.165, 1.54) is 12.1 Å². The molecule has 0 aliphatic rings. The molecular weight excluding hydrogens is 259 g/mol. The number of aromatic nitrogens is 2. The predicted molar refractivity (Wildman–Crippen MR) is 64.9 cm³/mol. The number of hydrogen-bond acceptors (Lipinski definition) is 4. The average Bonchev–Trinajstić information content (AvgIpc) is 2.62. The highest BCUT2D eigenvalue weighted by atomic mass is 32.2. The fourth-order valence-corrected chi connectivity index (χ4v) is 2.45. The molecule has 2 aromatic rings. The SMILES string of the molecule is Cc1cc(NS(=O)(=O)c2ccc(N)cc2F)n[nH]1. The van der Waals surface area contributed by atoms with Crippen LogP contribution >= 0.6 is 0 Å². The lowest BCUT2D eigenvalue weighted by Crippen LogP contribution is -2.15. The van der Waals surface area contributed by atoms with Crippen LogP contribution in [0, 0.1) is 12.7 Å². The van der Waals surface area contributed by atoms with E-state index in [0.717, 1.165) is 12.1 Å². The Morgan fingerprint density at radius 2 is 2.11 bits per heavy atom. The number of benzene rings is 1. The molecule has 18 heavy (non-hydrogen) atoms. The van der Waals surface area contributed by atoms with Gasteiger partial charge in [0.25, 0.3) is 10.0 Å². The van der Waals surface area contributed by atoms with E-state index in [9.17, 15) is 12.8 Å². The maximum Gasteiger partial charge on any atom is 0.266 e. The van der Waals surface area contributed by atoms with Crippen LogP contribution in [0.25, 0.3) is 0 Å². The van der Waals surface area contributed by atoms with E-state index in [0.29, 0.717) is 5.69 Å². The molecule has 4 N–H and O–H groups in total. The summed E-state index contributed by atoms with van der Waals surface area (Å²) in [4.78, 5) is -0.475.